The zero-order chi connectivity index (χ0) is 9.14. The zero-order valence-electron chi connectivity index (χ0n) is 6.63. The van der Waals surface area contributed by atoms with Crippen LogP contribution in [0.3, 0.4) is 0 Å². The van der Waals surface area contributed by atoms with Gasteiger partial charge in [-0.2, -0.15) is 0 Å². The van der Waals surface area contributed by atoms with E-state index in [1.807, 2.05) is 0 Å². The van der Waals surface area contributed by atoms with Crippen molar-refractivity contribution in [1.29, 1.82) is 0 Å². The van der Waals surface area contributed by atoms with Crippen LogP contribution in [0, 0.1) is 12.7 Å². The number of thioether (sulfide) groups is 1. The van der Waals surface area contributed by atoms with Gasteiger partial charge in [-0.05, 0) is 18.4 Å². The number of hydrogen-bond acceptors (Lipinski definition) is 2. The fourth-order valence-electron chi connectivity index (χ4n) is 0.840. The van der Waals surface area contributed by atoms with Crippen LogP contribution in [0.2, 0.25) is 0 Å². The molecule has 0 unspecified atom stereocenters. The van der Waals surface area contributed by atoms with Crippen molar-refractivity contribution in [2.45, 2.75) is 4.90 Å². The predicted octanol–water partition coefficient (Wildman–Crippen LogP) is 2.56. The summed E-state index contributed by atoms with van der Waals surface area (Å²) < 4.78 is 13.0. The van der Waals surface area contributed by atoms with E-state index >= 15 is 0 Å². The lowest BCUT2D eigenvalue weighted by molar-refractivity contribution is 0.104. The van der Waals surface area contributed by atoms with Crippen molar-refractivity contribution in [3.63, 3.8) is 0 Å². The third-order valence-electron chi connectivity index (χ3n) is 1.47. The highest BCUT2D eigenvalue weighted by molar-refractivity contribution is 7.98. The van der Waals surface area contributed by atoms with Gasteiger partial charge in [0.25, 0.3) is 0 Å². The number of carbonyl (C=O) groups is 1. The summed E-state index contributed by atoms with van der Waals surface area (Å²) in [6.45, 7) is 3.19. The van der Waals surface area contributed by atoms with Crippen molar-refractivity contribution < 1.29 is 9.18 Å². The minimum absolute atomic E-state index is 0.310. The van der Waals surface area contributed by atoms with Gasteiger partial charge in [0.15, 0.2) is 5.78 Å². The van der Waals surface area contributed by atoms with E-state index in [-0.39, 0.29) is 11.6 Å². The topological polar surface area (TPSA) is 17.1 Å². The fraction of sp³-hybridized carbons (Fsp3) is 0.111. The molecule has 0 atom stereocenters. The van der Waals surface area contributed by atoms with Crippen molar-refractivity contribution >= 4 is 17.5 Å². The highest BCUT2D eigenvalue weighted by atomic mass is 32.2. The van der Waals surface area contributed by atoms with Crippen LogP contribution in [0.4, 0.5) is 4.39 Å². The number of benzene rings is 1. The summed E-state index contributed by atoms with van der Waals surface area (Å²) >= 11 is 1.31. The first-order valence-corrected chi connectivity index (χ1v) is 4.57. The molecule has 1 radical (unpaired) electrons. The molecule has 3 heteroatoms. The van der Waals surface area contributed by atoms with Gasteiger partial charge >= 0.3 is 0 Å². The Kier molecular flexibility index (Phi) is 2.87. The number of hydrogen-bond donors (Lipinski definition) is 0. The lowest BCUT2D eigenvalue weighted by atomic mass is 10.1. The van der Waals surface area contributed by atoms with Crippen LogP contribution in [0.5, 0.6) is 0 Å². The van der Waals surface area contributed by atoms with Gasteiger partial charge in [0.1, 0.15) is 5.82 Å². The van der Waals surface area contributed by atoms with Gasteiger partial charge in [0.2, 0.25) is 0 Å². The van der Waals surface area contributed by atoms with E-state index in [4.69, 9.17) is 0 Å². The predicted molar refractivity (Wildman–Crippen MR) is 47.9 cm³/mol. The van der Waals surface area contributed by atoms with E-state index in [0.29, 0.717) is 10.5 Å². The van der Waals surface area contributed by atoms with Crippen LogP contribution in [0.15, 0.2) is 23.1 Å². The van der Waals surface area contributed by atoms with Gasteiger partial charge in [0.05, 0.1) is 0 Å². The molecule has 1 nitrogen and oxygen atoms in total. The molecule has 0 saturated heterocycles. The van der Waals surface area contributed by atoms with Gasteiger partial charge in [-0.25, -0.2) is 4.39 Å². The van der Waals surface area contributed by atoms with Crippen molar-refractivity contribution in [2.75, 3.05) is 6.26 Å². The summed E-state index contributed by atoms with van der Waals surface area (Å²) in [5.74, 6) is -0.724. The molecule has 0 saturated carbocycles. The van der Waals surface area contributed by atoms with Gasteiger partial charge < -0.3 is 0 Å². The molecule has 0 aromatic heterocycles. The highest BCUT2D eigenvalue weighted by Crippen LogP contribution is 2.19. The first-order chi connectivity index (χ1) is 5.65. The molecule has 63 valence electrons. The van der Waals surface area contributed by atoms with Crippen LogP contribution in [0.25, 0.3) is 0 Å². The Labute approximate surface area is 75.0 Å². The maximum absolute atomic E-state index is 13.0. The second kappa shape index (κ2) is 3.72. The first-order valence-electron chi connectivity index (χ1n) is 3.35. The van der Waals surface area contributed by atoms with E-state index in [0.717, 1.165) is 0 Å². The molecule has 1 rings (SSSR count). The molecule has 0 amide bonds. The van der Waals surface area contributed by atoms with Crippen LogP contribution < -0.4 is 0 Å². The minimum Gasteiger partial charge on any atom is -0.294 e. The largest absolute Gasteiger partial charge is 0.294 e. The molecular formula is C9H8FOS. The Hall–Kier alpha value is -0.830. The average Bonchev–Trinajstić information content (AvgIpc) is 2.04. The molecular weight excluding hydrogens is 175 g/mol. The molecule has 0 spiro atoms. The third kappa shape index (κ3) is 1.85. The van der Waals surface area contributed by atoms with Crippen LogP contribution in [0.1, 0.15) is 10.4 Å². The van der Waals surface area contributed by atoms with E-state index in [9.17, 15) is 9.18 Å². The maximum Gasteiger partial charge on any atom is 0.163 e. The van der Waals surface area contributed by atoms with Crippen molar-refractivity contribution in [2.24, 2.45) is 0 Å². The molecule has 1 aromatic carbocycles. The summed E-state index contributed by atoms with van der Waals surface area (Å²) in [7, 11) is 0. The van der Waals surface area contributed by atoms with Gasteiger partial charge in [-0.3, -0.25) is 4.79 Å². The quantitative estimate of drug-likeness (QED) is 0.517. The Balaban J connectivity index is 3.10. The number of carbonyl (C=O) groups excluding carboxylic acids is 1. The molecule has 12 heavy (non-hydrogen) atoms. The molecule has 0 aliphatic rings. The number of ketones is 1. The summed E-state index contributed by atoms with van der Waals surface area (Å²) in [6.07, 6.45) is 1.78. The van der Waals surface area contributed by atoms with Gasteiger partial charge in [0, 0.05) is 17.4 Å². The SMILES string of the molecule is [CH2]C(=O)c1ccc(SC)c(F)c1. The Morgan fingerprint density at radius 2 is 2.25 bits per heavy atom. The highest BCUT2D eigenvalue weighted by Gasteiger charge is 2.04. The van der Waals surface area contributed by atoms with E-state index in [2.05, 4.69) is 6.92 Å². The summed E-state index contributed by atoms with van der Waals surface area (Å²) in [5, 5.41) is 0. The molecule has 0 aliphatic carbocycles. The molecule has 0 fully saturated rings. The Morgan fingerprint density at radius 3 is 2.67 bits per heavy atom. The van der Waals surface area contributed by atoms with Crippen LogP contribution >= 0.6 is 11.8 Å². The number of halogens is 1. The van der Waals surface area contributed by atoms with Crippen LogP contribution in [-0.4, -0.2) is 12.0 Å². The maximum atomic E-state index is 13.0. The summed E-state index contributed by atoms with van der Waals surface area (Å²) in [4.78, 5) is 11.3. The molecule has 0 heterocycles. The van der Waals surface area contributed by atoms with Crippen molar-refractivity contribution in [3.05, 3.63) is 36.5 Å². The molecule has 0 aliphatic heterocycles. The number of rotatable bonds is 2. The van der Waals surface area contributed by atoms with Crippen LogP contribution in [-0.2, 0) is 0 Å². The second-order valence-corrected chi connectivity index (χ2v) is 3.12. The normalized spacial score (nSPS) is 9.92. The van der Waals surface area contributed by atoms with Gasteiger partial charge in [-0.1, -0.05) is 6.07 Å². The van der Waals surface area contributed by atoms with E-state index in [1.165, 1.54) is 17.8 Å². The average molecular weight is 183 g/mol. The lowest BCUT2D eigenvalue weighted by Crippen LogP contribution is -1.93. The van der Waals surface area contributed by atoms with E-state index in [1.54, 1.807) is 18.4 Å². The number of Topliss-reactive ketones (excluding diaryl/α,β-unsaturated/α-hetero) is 1. The van der Waals surface area contributed by atoms with Crippen molar-refractivity contribution in [1.82, 2.24) is 0 Å². The summed E-state index contributed by atoms with van der Waals surface area (Å²) in [6, 6.07) is 4.36. The second-order valence-electron chi connectivity index (χ2n) is 2.27. The third-order valence-corrected chi connectivity index (χ3v) is 2.24. The van der Waals surface area contributed by atoms with E-state index < -0.39 is 0 Å². The summed E-state index contributed by atoms with van der Waals surface area (Å²) in [5.41, 5.74) is 0.310. The van der Waals surface area contributed by atoms with Crippen molar-refractivity contribution in [3.8, 4) is 0 Å². The Bertz CT molecular complexity index is 309. The standard InChI is InChI=1S/C9H8FOS/c1-6(11)7-3-4-9(12-2)8(10)5-7/h3-5H,1H2,2H3. The van der Waals surface area contributed by atoms with Gasteiger partial charge in [-0.15, -0.1) is 11.8 Å². The molecule has 1 aromatic rings. The molecule has 0 bridgehead atoms. The fourth-order valence-corrected chi connectivity index (χ4v) is 1.30. The smallest absolute Gasteiger partial charge is 0.163 e. The Morgan fingerprint density at radius 1 is 1.58 bits per heavy atom. The zero-order valence-corrected chi connectivity index (χ0v) is 7.45. The molecule has 0 N–H and O–H groups in total. The first kappa shape index (κ1) is 9.26. The lowest BCUT2D eigenvalue weighted by Gasteiger charge is -1.99. The minimum atomic E-state index is -0.364. The monoisotopic (exact) mass is 183 g/mol.